The Morgan fingerprint density at radius 3 is 2.50 bits per heavy atom. The topological polar surface area (TPSA) is 84.2 Å². The minimum Gasteiger partial charge on any atom is -0.354 e. The molecular formula is C15H29N3O2. The van der Waals surface area contributed by atoms with Crippen molar-refractivity contribution in [2.45, 2.75) is 59.0 Å². The van der Waals surface area contributed by atoms with Gasteiger partial charge in [-0.25, -0.2) is 0 Å². The number of nitrogens with one attached hydrogen (secondary N) is 2. The van der Waals surface area contributed by atoms with Crippen molar-refractivity contribution in [3.63, 3.8) is 0 Å². The van der Waals surface area contributed by atoms with Gasteiger partial charge in [-0.1, -0.05) is 20.8 Å². The summed E-state index contributed by atoms with van der Waals surface area (Å²) >= 11 is 0. The van der Waals surface area contributed by atoms with Gasteiger partial charge in [0.05, 0.1) is 5.92 Å². The Bertz CT molecular complexity index is 344. The van der Waals surface area contributed by atoms with E-state index >= 15 is 0 Å². The summed E-state index contributed by atoms with van der Waals surface area (Å²) in [5, 5.41) is 5.62. The molecule has 4 unspecified atom stereocenters. The van der Waals surface area contributed by atoms with E-state index in [0.29, 0.717) is 18.4 Å². The van der Waals surface area contributed by atoms with Crippen molar-refractivity contribution in [2.24, 2.45) is 23.5 Å². The second-order valence-electron chi connectivity index (χ2n) is 6.56. The zero-order valence-corrected chi connectivity index (χ0v) is 13.1. The molecule has 0 heterocycles. The molecule has 1 aliphatic rings. The average molecular weight is 283 g/mol. The maximum Gasteiger partial charge on any atom is 0.242 e. The number of hydrogen-bond acceptors (Lipinski definition) is 3. The first kappa shape index (κ1) is 17.0. The fourth-order valence-corrected chi connectivity index (χ4v) is 2.55. The van der Waals surface area contributed by atoms with Gasteiger partial charge >= 0.3 is 0 Å². The van der Waals surface area contributed by atoms with Crippen LogP contribution in [0.5, 0.6) is 0 Å². The summed E-state index contributed by atoms with van der Waals surface area (Å²) in [4.78, 5) is 24.1. The molecule has 0 bridgehead atoms. The summed E-state index contributed by atoms with van der Waals surface area (Å²) in [6, 6.07) is -0.595. The van der Waals surface area contributed by atoms with E-state index in [0.717, 1.165) is 19.3 Å². The largest absolute Gasteiger partial charge is 0.354 e. The van der Waals surface area contributed by atoms with E-state index in [1.54, 1.807) is 6.92 Å². The second kappa shape index (κ2) is 7.62. The molecule has 0 spiro atoms. The molecule has 5 nitrogen and oxygen atoms in total. The lowest BCUT2D eigenvalue weighted by Gasteiger charge is -2.32. The van der Waals surface area contributed by atoms with E-state index in [2.05, 4.69) is 17.6 Å². The molecule has 0 radical (unpaired) electrons. The van der Waals surface area contributed by atoms with Crippen LogP contribution < -0.4 is 16.4 Å². The summed E-state index contributed by atoms with van der Waals surface area (Å²) in [5.74, 6) is 0.532. The summed E-state index contributed by atoms with van der Waals surface area (Å²) in [5.41, 5.74) is 6.03. The maximum atomic E-state index is 12.2. The van der Waals surface area contributed by atoms with Crippen LogP contribution in [0, 0.1) is 17.8 Å². The van der Waals surface area contributed by atoms with Gasteiger partial charge in [0.2, 0.25) is 11.8 Å². The highest BCUT2D eigenvalue weighted by atomic mass is 16.2. The lowest BCUT2D eigenvalue weighted by molar-refractivity contribution is -0.132. The Morgan fingerprint density at radius 1 is 1.25 bits per heavy atom. The van der Waals surface area contributed by atoms with E-state index < -0.39 is 6.04 Å². The molecule has 0 aromatic rings. The van der Waals surface area contributed by atoms with Crippen LogP contribution >= 0.6 is 0 Å². The van der Waals surface area contributed by atoms with Crippen LogP contribution in [0.4, 0.5) is 0 Å². The van der Waals surface area contributed by atoms with Crippen molar-refractivity contribution in [3.8, 4) is 0 Å². The molecule has 1 fully saturated rings. The van der Waals surface area contributed by atoms with E-state index in [1.807, 2.05) is 13.8 Å². The highest BCUT2D eigenvalue weighted by Crippen LogP contribution is 2.28. The molecule has 2 amide bonds. The molecule has 4 N–H and O–H groups in total. The lowest BCUT2D eigenvalue weighted by atomic mass is 9.78. The van der Waals surface area contributed by atoms with Gasteiger partial charge in [0.25, 0.3) is 0 Å². The third-order valence-electron chi connectivity index (χ3n) is 3.94. The minimum atomic E-state index is -0.509. The van der Waals surface area contributed by atoms with Gasteiger partial charge in [0, 0.05) is 12.6 Å². The number of amides is 2. The molecule has 20 heavy (non-hydrogen) atoms. The molecular weight excluding hydrogens is 254 g/mol. The van der Waals surface area contributed by atoms with Crippen LogP contribution in [-0.2, 0) is 9.59 Å². The minimum absolute atomic E-state index is 0.0860. The summed E-state index contributed by atoms with van der Waals surface area (Å²) < 4.78 is 0. The van der Waals surface area contributed by atoms with Crippen molar-refractivity contribution in [3.05, 3.63) is 0 Å². The first-order valence-electron chi connectivity index (χ1n) is 7.65. The van der Waals surface area contributed by atoms with Gasteiger partial charge in [-0.2, -0.15) is 0 Å². The van der Waals surface area contributed by atoms with Crippen LogP contribution in [0.15, 0.2) is 0 Å². The number of carbonyl (C=O) groups excluding carboxylic acids is 2. The van der Waals surface area contributed by atoms with Crippen molar-refractivity contribution in [1.29, 1.82) is 0 Å². The van der Waals surface area contributed by atoms with E-state index in [9.17, 15) is 9.59 Å². The Labute approximate surface area is 122 Å². The predicted molar refractivity (Wildman–Crippen MR) is 79.9 cm³/mol. The Balaban J connectivity index is 2.45. The molecule has 4 atom stereocenters. The molecule has 1 rings (SSSR count). The molecule has 5 heteroatoms. The van der Waals surface area contributed by atoms with Crippen molar-refractivity contribution in [2.75, 3.05) is 6.54 Å². The quantitative estimate of drug-likeness (QED) is 0.704. The zero-order valence-electron chi connectivity index (χ0n) is 13.1. The Kier molecular flexibility index (Phi) is 6.46. The fourth-order valence-electron chi connectivity index (χ4n) is 2.55. The molecule has 1 saturated carbocycles. The van der Waals surface area contributed by atoms with Crippen molar-refractivity contribution < 1.29 is 9.59 Å². The van der Waals surface area contributed by atoms with E-state index in [-0.39, 0.29) is 23.8 Å². The third-order valence-corrected chi connectivity index (χ3v) is 3.94. The summed E-state index contributed by atoms with van der Waals surface area (Å²) in [6.45, 7) is 8.55. The number of rotatable bonds is 5. The van der Waals surface area contributed by atoms with Gasteiger partial charge in [-0.05, 0) is 38.0 Å². The molecule has 1 aliphatic carbocycles. The average Bonchev–Trinajstić information content (AvgIpc) is 2.38. The summed E-state index contributed by atoms with van der Waals surface area (Å²) in [7, 11) is 0. The van der Waals surface area contributed by atoms with Crippen molar-refractivity contribution >= 4 is 11.8 Å². The zero-order chi connectivity index (χ0) is 15.3. The number of nitrogens with two attached hydrogens (primary N) is 1. The Morgan fingerprint density at radius 2 is 1.90 bits per heavy atom. The normalized spacial score (nSPS) is 28.0. The molecule has 0 aliphatic heterocycles. The van der Waals surface area contributed by atoms with Gasteiger partial charge < -0.3 is 16.4 Å². The highest BCUT2D eigenvalue weighted by Gasteiger charge is 2.32. The van der Waals surface area contributed by atoms with E-state index in [1.165, 1.54) is 0 Å². The van der Waals surface area contributed by atoms with Crippen LogP contribution in [0.3, 0.4) is 0 Å². The number of carbonyl (C=O) groups is 2. The van der Waals surface area contributed by atoms with Crippen LogP contribution in [0.2, 0.25) is 0 Å². The van der Waals surface area contributed by atoms with Gasteiger partial charge in [-0.15, -0.1) is 0 Å². The SMILES string of the molecule is CC(C)CNC(=O)C(C)NC(=O)C1CC(C)CCC1N. The second-order valence-corrected chi connectivity index (χ2v) is 6.56. The first-order chi connectivity index (χ1) is 9.31. The van der Waals surface area contributed by atoms with Crippen molar-refractivity contribution in [1.82, 2.24) is 10.6 Å². The molecule has 0 saturated heterocycles. The van der Waals surface area contributed by atoms with Gasteiger partial charge in [0.15, 0.2) is 0 Å². The standard InChI is InChI=1S/C15H29N3O2/c1-9(2)8-17-14(19)11(4)18-15(20)12-7-10(3)5-6-13(12)16/h9-13H,5-8,16H2,1-4H3,(H,17,19)(H,18,20). The monoisotopic (exact) mass is 283 g/mol. The lowest BCUT2D eigenvalue weighted by Crippen LogP contribution is -2.51. The van der Waals surface area contributed by atoms with Gasteiger partial charge in [-0.3, -0.25) is 9.59 Å². The van der Waals surface area contributed by atoms with E-state index in [4.69, 9.17) is 5.73 Å². The highest BCUT2D eigenvalue weighted by molar-refractivity contribution is 5.88. The molecule has 0 aromatic heterocycles. The first-order valence-corrected chi connectivity index (χ1v) is 7.65. The fraction of sp³-hybridized carbons (Fsp3) is 0.867. The molecule has 0 aromatic carbocycles. The Hall–Kier alpha value is -1.10. The van der Waals surface area contributed by atoms with Crippen LogP contribution in [-0.4, -0.2) is 30.4 Å². The van der Waals surface area contributed by atoms with Crippen LogP contribution in [0.25, 0.3) is 0 Å². The van der Waals surface area contributed by atoms with Gasteiger partial charge in [0.1, 0.15) is 6.04 Å². The molecule has 116 valence electrons. The van der Waals surface area contributed by atoms with Crippen LogP contribution in [0.1, 0.15) is 47.0 Å². The third kappa shape index (κ3) is 5.12. The maximum absolute atomic E-state index is 12.2. The predicted octanol–water partition coefficient (Wildman–Crippen LogP) is 1.03. The number of hydrogen-bond donors (Lipinski definition) is 3. The smallest absolute Gasteiger partial charge is 0.242 e. The summed E-state index contributed by atoms with van der Waals surface area (Å²) in [6.07, 6.45) is 2.77.